The quantitative estimate of drug-likeness (QED) is 0.663. The van der Waals surface area contributed by atoms with Crippen LogP contribution in [0.15, 0.2) is 47.3 Å². The van der Waals surface area contributed by atoms with Crippen molar-refractivity contribution in [1.29, 1.82) is 0 Å². The van der Waals surface area contributed by atoms with E-state index in [-0.39, 0.29) is 16.1 Å². The first-order valence-corrected chi connectivity index (χ1v) is 9.61. The number of H-pyrrole nitrogens is 1. The predicted molar refractivity (Wildman–Crippen MR) is 114 cm³/mol. The van der Waals surface area contributed by atoms with E-state index in [4.69, 9.17) is 11.6 Å². The van der Waals surface area contributed by atoms with Crippen LogP contribution in [0.25, 0.3) is 18.3 Å². The molecule has 0 bridgehead atoms. The standard InChI is InChI=1S/C22H22ClN3O3/c1-4-25(5-2)16-8-6-15(7-9-16)12-18-14(3)24-26(21(18)27)17-10-11-20(23)19(13-17)22(28)29/h6-13,24H,3-5H2,1-2H3,(H,28,29)/p-1. The molecule has 6 nitrogen and oxygen atoms in total. The number of nitrogens with one attached hydrogen (secondary N) is 1. The van der Waals surface area contributed by atoms with Crippen molar-refractivity contribution in [1.82, 2.24) is 9.78 Å². The molecule has 150 valence electrons. The Morgan fingerprint density at radius 3 is 2.45 bits per heavy atom. The topological polar surface area (TPSA) is 81.2 Å². The Morgan fingerprint density at radius 2 is 1.86 bits per heavy atom. The van der Waals surface area contributed by atoms with Gasteiger partial charge in [-0.1, -0.05) is 30.3 Å². The number of carbonyl (C=O) groups excluding carboxylic acids is 1. The summed E-state index contributed by atoms with van der Waals surface area (Å²) < 4.78 is 1.24. The van der Waals surface area contributed by atoms with E-state index in [0.29, 0.717) is 16.3 Å². The zero-order valence-corrected chi connectivity index (χ0v) is 17.0. The number of rotatable bonds is 6. The molecule has 0 saturated carbocycles. The number of halogens is 1. The number of anilines is 1. The smallest absolute Gasteiger partial charge is 0.279 e. The van der Waals surface area contributed by atoms with E-state index in [1.807, 2.05) is 24.3 Å². The summed E-state index contributed by atoms with van der Waals surface area (Å²) in [7, 11) is 0. The van der Waals surface area contributed by atoms with Crippen molar-refractivity contribution in [3.05, 3.63) is 79.5 Å². The second-order valence-electron chi connectivity index (χ2n) is 6.50. The maximum Gasteiger partial charge on any atom is 0.279 e. The minimum absolute atomic E-state index is 0.0447. The zero-order valence-electron chi connectivity index (χ0n) is 16.2. The second kappa shape index (κ2) is 8.41. The number of benzene rings is 2. The highest BCUT2D eigenvalue weighted by atomic mass is 35.5. The van der Waals surface area contributed by atoms with Crippen molar-refractivity contribution in [3.63, 3.8) is 0 Å². The highest BCUT2D eigenvalue weighted by Gasteiger charge is 2.09. The van der Waals surface area contributed by atoms with E-state index in [9.17, 15) is 14.7 Å². The molecule has 0 fully saturated rings. The van der Waals surface area contributed by atoms with Gasteiger partial charge in [0.05, 0.1) is 22.2 Å². The van der Waals surface area contributed by atoms with Gasteiger partial charge in [0.2, 0.25) is 0 Å². The Kier molecular flexibility index (Phi) is 5.94. The first kappa shape index (κ1) is 20.5. The van der Waals surface area contributed by atoms with Crippen molar-refractivity contribution in [2.75, 3.05) is 18.0 Å². The Labute approximate surface area is 173 Å². The minimum Gasteiger partial charge on any atom is -0.545 e. The maximum absolute atomic E-state index is 12.9. The molecule has 1 aromatic heterocycles. The lowest BCUT2D eigenvalue weighted by molar-refractivity contribution is -0.255. The molecule has 0 aliphatic carbocycles. The van der Waals surface area contributed by atoms with E-state index in [2.05, 4.69) is 30.4 Å². The lowest BCUT2D eigenvalue weighted by Gasteiger charge is -2.20. The molecule has 0 aliphatic heterocycles. The van der Waals surface area contributed by atoms with E-state index in [1.165, 1.54) is 16.8 Å². The molecule has 7 heteroatoms. The molecule has 2 aromatic carbocycles. The number of carboxylic acids is 1. The highest BCUT2D eigenvalue weighted by Crippen LogP contribution is 2.18. The van der Waals surface area contributed by atoms with Crippen LogP contribution in [-0.4, -0.2) is 28.8 Å². The summed E-state index contributed by atoms with van der Waals surface area (Å²) in [5, 5.41) is 15.0. The lowest BCUT2D eigenvalue weighted by atomic mass is 10.1. The van der Waals surface area contributed by atoms with E-state index < -0.39 is 5.97 Å². The summed E-state index contributed by atoms with van der Waals surface area (Å²) >= 11 is 5.88. The SMILES string of the molecule is C=c1[nH]n(-c2ccc(Cl)c(C(=O)[O-])c2)c(=O)c1=Cc1ccc(N(CC)CC)cc1. The van der Waals surface area contributed by atoms with Gasteiger partial charge in [-0.05, 0) is 55.8 Å². The van der Waals surface area contributed by atoms with Gasteiger partial charge in [0.25, 0.3) is 5.56 Å². The number of hydrogen-bond donors (Lipinski definition) is 1. The third-order valence-electron chi connectivity index (χ3n) is 4.77. The molecule has 0 atom stereocenters. The molecule has 0 amide bonds. The van der Waals surface area contributed by atoms with Gasteiger partial charge in [0, 0.05) is 29.4 Å². The number of carbonyl (C=O) groups is 1. The Morgan fingerprint density at radius 1 is 1.21 bits per heavy atom. The van der Waals surface area contributed by atoms with Gasteiger partial charge in [-0.15, -0.1) is 0 Å². The number of carboxylic acid groups (broad SMARTS) is 1. The predicted octanol–water partition coefficient (Wildman–Crippen LogP) is 1.27. The minimum atomic E-state index is -1.41. The maximum atomic E-state index is 12.9. The fourth-order valence-corrected chi connectivity index (χ4v) is 3.37. The fraction of sp³-hybridized carbons (Fsp3) is 0.182. The van der Waals surface area contributed by atoms with Crippen LogP contribution in [0.5, 0.6) is 0 Å². The zero-order chi connectivity index (χ0) is 21.1. The summed E-state index contributed by atoms with van der Waals surface area (Å²) in [5.74, 6) is -1.41. The average Bonchev–Trinajstić information content (AvgIpc) is 2.98. The number of aromatic carboxylic acids is 1. The summed E-state index contributed by atoms with van der Waals surface area (Å²) in [6.45, 7) is 9.94. The van der Waals surface area contributed by atoms with Gasteiger partial charge < -0.3 is 14.8 Å². The van der Waals surface area contributed by atoms with Crippen LogP contribution in [0.1, 0.15) is 29.8 Å². The van der Waals surface area contributed by atoms with Gasteiger partial charge in [-0.25, -0.2) is 4.68 Å². The molecule has 0 radical (unpaired) electrons. The summed E-state index contributed by atoms with van der Waals surface area (Å²) in [4.78, 5) is 26.3. The van der Waals surface area contributed by atoms with Crippen molar-refractivity contribution in [2.45, 2.75) is 13.8 Å². The molecule has 3 rings (SSSR count). The van der Waals surface area contributed by atoms with Gasteiger partial charge in [0.15, 0.2) is 0 Å². The first-order chi connectivity index (χ1) is 13.8. The van der Waals surface area contributed by atoms with E-state index in [0.717, 1.165) is 24.3 Å². The van der Waals surface area contributed by atoms with Crippen LogP contribution in [-0.2, 0) is 0 Å². The van der Waals surface area contributed by atoms with Crippen LogP contribution in [0.4, 0.5) is 5.69 Å². The molecule has 0 unspecified atom stereocenters. The number of hydrogen-bond acceptors (Lipinski definition) is 4. The second-order valence-corrected chi connectivity index (χ2v) is 6.91. The summed E-state index contributed by atoms with van der Waals surface area (Å²) in [6.07, 6.45) is 1.75. The lowest BCUT2D eigenvalue weighted by Crippen LogP contribution is -2.34. The van der Waals surface area contributed by atoms with Gasteiger partial charge in [-0.2, -0.15) is 0 Å². The number of aromatic amines is 1. The first-order valence-electron chi connectivity index (χ1n) is 9.23. The van der Waals surface area contributed by atoms with E-state index >= 15 is 0 Å². The van der Waals surface area contributed by atoms with Gasteiger partial charge in [-0.3, -0.25) is 9.89 Å². The van der Waals surface area contributed by atoms with Gasteiger partial charge >= 0.3 is 0 Å². The van der Waals surface area contributed by atoms with Crippen LogP contribution in [0.2, 0.25) is 5.02 Å². The normalized spacial score (nSPS) is 11.6. The van der Waals surface area contributed by atoms with Crippen LogP contribution in [0, 0.1) is 0 Å². The van der Waals surface area contributed by atoms with Crippen molar-refractivity contribution in [3.8, 4) is 5.69 Å². The van der Waals surface area contributed by atoms with Crippen molar-refractivity contribution >= 4 is 35.9 Å². The third-order valence-corrected chi connectivity index (χ3v) is 5.10. The molecule has 29 heavy (non-hydrogen) atoms. The van der Waals surface area contributed by atoms with Crippen LogP contribution < -0.4 is 26.1 Å². The largest absolute Gasteiger partial charge is 0.545 e. The average molecular weight is 411 g/mol. The molecule has 0 saturated heterocycles. The van der Waals surface area contributed by atoms with Crippen LogP contribution in [0.3, 0.4) is 0 Å². The Balaban J connectivity index is 2.05. The van der Waals surface area contributed by atoms with Crippen LogP contribution >= 0.6 is 11.6 Å². The number of nitrogens with zero attached hydrogens (tertiary/aromatic N) is 2. The highest BCUT2D eigenvalue weighted by molar-refractivity contribution is 6.33. The molecule has 0 aliphatic rings. The third kappa shape index (κ3) is 4.12. The molecule has 3 aromatic rings. The Hall–Kier alpha value is -3.25. The summed E-state index contributed by atoms with van der Waals surface area (Å²) in [5.41, 5.74) is 1.79. The molecule has 1 N–H and O–H groups in total. The molecular weight excluding hydrogens is 390 g/mol. The molecule has 0 spiro atoms. The monoisotopic (exact) mass is 410 g/mol. The van der Waals surface area contributed by atoms with Crippen molar-refractivity contribution in [2.24, 2.45) is 0 Å². The molecule has 1 heterocycles. The van der Waals surface area contributed by atoms with E-state index in [1.54, 1.807) is 12.1 Å². The Bertz CT molecular complexity index is 1210. The van der Waals surface area contributed by atoms with Crippen molar-refractivity contribution < 1.29 is 9.90 Å². The van der Waals surface area contributed by atoms with Gasteiger partial charge in [0.1, 0.15) is 0 Å². The fourth-order valence-electron chi connectivity index (χ4n) is 3.17. The molecular formula is C22H21ClN3O3-. The summed E-state index contributed by atoms with van der Waals surface area (Å²) in [6, 6.07) is 12.2. The number of aromatic nitrogens is 2.